The van der Waals surface area contributed by atoms with Crippen molar-refractivity contribution in [1.29, 1.82) is 0 Å². The van der Waals surface area contributed by atoms with Crippen LogP contribution >= 0.6 is 10.7 Å². The fraction of sp³-hybridized carbons (Fsp3) is 0.417. The fourth-order valence-corrected chi connectivity index (χ4v) is 3.02. The van der Waals surface area contributed by atoms with Crippen LogP contribution in [0.1, 0.15) is 29.3 Å². The topological polar surface area (TPSA) is 63.2 Å². The molecular formula is C12H13ClFNO3S. The zero-order valence-corrected chi connectivity index (χ0v) is 12.0. The Morgan fingerprint density at radius 2 is 2.05 bits per heavy atom. The molecule has 2 rings (SSSR count). The van der Waals surface area contributed by atoms with Crippen LogP contribution in [0, 0.1) is 18.7 Å². The fourth-order valence-electron chi connectivity index (χ4n) is 1.81. The van der Waals surface area contributed by atoms with E-state index in [0.29, 0.717) is 5.92 Å². The number of carbonyl (C=O) groups excluding carboxylic acids is 1. The molecule has 1 amide bonds. The van der Waals surface area contributed by atoms with Gasteiger partial charge in [0, 0.05) is 27.9 Å². The Labute approximate surface area is 115 Å². The van der Waals surface area contributed by atoms with Gasteiger partial charge in [-0.05, 0) is 31.4 Å². The zero-order chi connectivity index (χ0) is 14.4. The second-order valence-electron chi connectivity index (χ2n) is 4.81. The van der Waals surface area contributed by atoms with Crippen LogP contribution in [0.25, 0.3) is 0 Å². The molecule has 0 aromatic heterocycles. The molecule has 0 saturated heterocycles. The van der Waals surface area contributed by atoms with Gasteiger partial charge in [0.15, 0.2) is 0 Å². The largest absolute Gasteiger partial charge is 0.349 e. The van der Waals surface area contributed by atoms with E-state index in [1.807, 2.05) is 6.92 Å². The summed E-state index contributed by atoms with van der Waals surface area (Å²) in [7, 11) is 1.14. The molecule has 0 aliphatic heterocycles. The lowest BCUT2D eigenvalue weighted by molar-refractivity contribution is 0.0948. The molecule has 0 heterocycles. The van der Waals surface area contributed by atoms with E-state index in [0.717, 1.165) is 18.6 Å². The molecule has 0 spiro atoms. The van der Waals surface area contributed by atoms with E-state index >= 15 is 0 Å². The average Bonchev–Trinajstić information content (AvgIpc) is 2.96. The average molecular weight is 306 g/mol. The summed E-state index contributed by atoms with van der Waals surface area (Å²) in [5, 5.41) is 2.70. The third kappa shape index (κ3) is 3.06. The highest BCUT2D eigenvalue weighted by Gasteiger charge is 2.34. The quantitative estimate of drug-likeness (QED) is 0.871. The van der Waals surface area contributed by atoms with Crippen molar-refractivity contribution in [1.82, 2.24) is 5.32 Å². The van der Waals surface area contributed by atoms with Crippen molar-refractivity contribution in [2.75, 3.05) is 0 Å². The van der Waals surface area contributed by atoms with Crippen molar-refractivity contribution >= 4 is 25.6 Å². The van der Waals surface area contributed by atoms with E-state index in [1.54, 1.807) is 0 Å². The third-order valence-corrected chi connectivity index (χ3v) is 4.70. The maximum atomic E-state index is 13.7. The normalized spacial score (nSPS) is 22.1. The molecule has 1 N–H and O–H groups in total. The highest BCUT2D eigenvalue weighted by Crippen LogP contribution is 2.30. The molecule has 19 heavy (non-hydrogen) atoms. The summed E-state index contributed by atoms with van der Waals surface area (Å²) in [6, 6.07) is 2.19. The highest BCUT2D eigenvalue weighted by atomic mass is 35.7. The molecule has 2 unspecified atom stereocenters. The number of nitrogens with one attached hydrogen (secondary N) is 1. The zero-order valence-electron chi connectivity index (χ0n) is 10.4. The van der Waals surface area contributed by atoms with Gasteiger partial charge in [-0.25, -0.2) is 12.8 Å². The summed E-state index contributed by atoms with van der Waals surface area (Å²) in [6.07, 6.45) is 0.876. The van der Waals surface area contributed by atoms with Gasteiger partial charge in [0.1, 0.15) is 5.82 Å². The predicted molar refractivity (Wildman–Crippen MR) is 69.2 cm³/mol. The lowest BCUT2D eigenvalue weighted by atomic mass is 10.1. The Kier molecular flexibility index (Phi) is 3.57. The molecule has 0 bridgehead atoms. The Morgan fingerprint density at radius 1 is 1.47 bits per heavy atom. The van der Waals surface area contributed by atoms with E-state index < -0.39 is 20.8 Å². The summed E-state index contributed by atoms with van der Waals surface area (Å²) in [4.78, 5) is 11.5. The molecule has 1 aliphatic rings. The van der Waals surface area contributed by atoms with Crippen molar-refractivity contribution in [3.8, 4) is 0 Å². The Hall–Kier alpha value is -1.14. The molecule has 4 nitrogen and oxygen atoms in total. The Balaban J connectivity index is 2.36. The summed E-state index contributed by atoms with van der Waals surface area (Å²) in [6.45, 7) is 3.28. The van der Waals surface area contributed by atoms with E-state index in [-0.39, 0.29) is 22.1 Å². The van der Waals surface area contributed by atoms with Gasteiger partial charge in [0.2, 0.25) is 0 Å². The number of rotatable bonds is 3. The lowest BCUT2D eigenvalue weighted by Crippen LogP contribution is -2.27. The van der Waals surface area contributed by atoms with Gasteiger partial charge in [-0.1, -0.05) is 6.92 Å². The molecule has 1 aromatic carbocycles. The van der Waals surface area contributed by atoms with Crippen LogP contribution in [0.3, 0.4) is 0 Å². The molecule has 1 aromatic rings. The smallest absolute Gasteiger partial charge is 0.261 e. The monoisotopic (exact) mass is 305 g/mol. The summed E-state index contributed by atoms with van der Waals surface area (Å²) in [5.74, 6) is -0.860. The number of halogens is 2. The van der Waals surface area contributed by atoms with Crippen LogP contribution < -0.4 is 5.32 Å². The van der Waals surface area contributed by atoms with Crippen LogP contribution in [-0.4, -0.2) is 20.4 Å². The molecule has 1 saturated carbocycles. The van der Waals surface area contributed by atoms with Gasteiger partial charge >= 0.3 is 0 Å². The van der Waals surface area contributed by atoms with E-state index in [1.165, 1.54) is 6.92 Å². The van der Waals surface area contributed by atoms with Crippen molar-refractivity contribution < 1.29 is 17.6 Å². The molecule has 0 radical (unpaired) electrons. The molecule has 1 fully saturated rings. The number of benzene rings is 1. The van der Waals surface area contributed by atoms with Gasteiger partial charge in [-0.2, -0.15) is 0 Å². The standard InChI is InChI=1S/C12H13ClFNO3S/c1-6-3-10(6)15-12(16)8-4-9(14)7(2)11(5-8)19(13,17)18/h4-6,10H,3H2,1-2H3,(H,15,16). The minimum Gasteiger partial charge on any atom is -0.349 e. The second-order valence-corrected chi connectivity index (χ2v) is 7.35. The minimum absolute atomic E-state index is 0.0403. The molecular weight excluding hydrogens is 293 g/mol. The highest BCUT2D eigenvalue weighted by molar-refractivity contribution is 8.13. The van der Waals surface area contributed by atoms with Crippen LogP contribution in [0.15, 0.2) is 17.0 Å². The van der Waals surface area contributed by atoms with Crippen molar-refractivity contribution in [2.24, 2.45) is 5.92 Å². The SMILES string of the molecule is Cc1c(F)cc(C(=O)NC2CC2C)cc1S(=O)(=O)Cl. The maximum absolute atomic E-state index is 13.7. The lowest BCUT2D eigenvalue weighted by Gasteiger charge is -2.08. The van der Waals surface area contributed by atoms with Gasteiger partial charge in [-0.15, -0.1) is 0 Å². The number of hydrogen-bond donors (Lipinski definition) is 1. The molecule has 7 heteroatoms. The first-order chi connectivity index (χ1) is 8.70. The van der Waals surface area contributed by atoms with Gasteiger partial charge in [-0.3, -0.25) is 4.79 Å². The first-order valence-corrected chi connectivity index (χ1v) is 8.06. The minimum atomic E-state index is -4.08. The molecule has 104 valence electrons. The molecule has 1 aliphatic carbocycles. The van der Waals surface area contributed by atoms with Crippen LogP contribution in [0.2, 0.25) is 0 Å². The number of hydrogen-bond acceptors (Lipinski definition) is 3. The summed E-state index contributed by atoms with van der Waals surface area (Å²) < 4.78 is 36.3. The van der Waals surface area contributed by atoms with E-state index in [4.69, 9.17) is 10.7 Å². The van der Waals surface area contributed by atoms with E-state index in [2.05, 4.69) is 5.32 Å². The van der Waals surface area contributed by atoms with E-state index in [9.17, 15) is 17.6 Å². The Morgan fingerprint density at radius 3 is 2.53 bits per heavy atom. The third-order valence-electron chi connectivity index (χ3n) is 3.25. The first-order valence-electron chi connectivity index (χ1n) is 5.76. The van der Waals surface area contributed by atoms with Crippen LogP contribution in [0.4, 0.5) is 4.39 Å². The maximum Gasteiger partial charge on any atom is 0.261 e. The Bertz CT molecular complexity index is 645. The van der Waals surface area contributed by atoms with Gasteiger partial charge < -0.3 is 5.32 Å². The first kappa shape index (κ1) is 14.3. The van der Waals surface area contributed by atoms with Gasteiger partial charge in [0.05, 0.1) is 4.90 Å². The predicted octanol–water partition coefficient (Wildman–Crippen LogP) is 2.20. The van der Waals surface area contributed by atoms with Gasteiger partial charge in [0.25, 0.3) is 15.0 Å². The molecule has 2 atom stereocenters. The summed E-state index contributed by atoms with van der Waals surface area (Å²) in [5.41, 5.74) is -0.132. The number of carbonyl (C=O) groups is 1. The second kappa shape index (κ2) is 4.76. The number of amides is 1. The van der Waals surface area contributed by atoms with Crippen molar-refractivity contribution in [2.45, 2.75) is 31.2 Å². The van der Waals surface area contributed by atoms with Crippen molar-refractivity contribution in [3.05, 3.63) is 29.1 Å². The van der Waals surface area contributed by atoms with Crippen LogP contribution in [-0.2, 0) is 9.05 Å². The summed E-state index contributed by atoms with van der Waals surface area (Å²) >= 11 is 0. The van der Waals surface area contributed by atoms with Crippen LogP contribution in [0.5, 0.6) is 0 Å². The van der Waals surface area contributed by atoms with Crippen molar-refractivity contribution in [3.63, 3.8) is 0 Å².